The molecule has 0 unspecified atom stereocenters. The minimum absolute atomic E-state index is 0.00965. The molecule has 3 heterocycles. The average molecular weight is 458 g/mol. The van der Waals surface area contributed by atoms with Crippen LogP contribution in [0.3, 0.4) is 0 Å². The molecule has 0 bridgehead atoms. The van der Waals surface area contributed by atoms with Crippen molar-refractivity contribution in [3.8, 4) is 5.75 Å². The zero-order chi connectivity index (χ0) is 22.7. The largest absolute Gasteiger partial charge is 0.497 e. The van der Waals surface area contributed by atoms with Crippen LogP contribution in [0.1, 0.15) is 37.5 Å². The highest BCUT2D eigenvalue weighted by Crippen LogP contribution is 2.31. The maximum atomic E-state index is 12.9. The first kappa shape index (κ1) is 22.2. The van der Waals surface area contributed by atoms with Gasteiger partial charge in [-0.05, 0) is 55.7 Å². The number of fused-ring (bicyclic) bond motifs is 1. The van der Waals surface area contributed by atoms with Crippen LogP contribution in [0.2, 0.25) is 0 Å². The molecule has 1 aliphatic heterocycles. The minimum atomic E-state index is -3.62. The summed E-state index contributed by atoms with van der Waals surface area (Å²) in [5.41, 5.74) is 0.757. The number of aromatic nitrogens is 3. The van der Waals surface area contributed by atoms with Crippen LogP contribution in [0.25, 0.3) is 5.65 Å². The fourth-order valence-electron chi connectivity index (χ4n) is 4.07. The van der Waals surface area contributed by atoms with Crippen LogP contribution in [0.15, 0.2) is 53.6 Å². The van der Waals surface area contributed by atoms with Gasteiger partial charge in [0, 0.05) is 32.8 Å². The van der Waals surface area contributed by atoms with E-state index in [-0.39, 0.29) is 29.8 Å². The lowest BCUT2D eigenvalue weighted by Gasteiger charge is -2.24. The first-order valence-corrected chi connectivity index (χ1v) is 12.1. The number of hydrogen-bond acceptors (Lipinski definition) is 6. The van der Waals surface area contributed by atoms with Crippen molar-refractivity contribution in [2.45, 2.75) is 36.6 Å². The van der Waals surface area contributed by atoms with Crippen LogP contribution in [0, 0.1) is 0 Å². The summed E-state index contributed by atoms with van der Waals surface area (Å²) >= 11 is 0. The monoisotopic (exact) mass is 457 g/mol. The van der Waals surface area contributed by atoms with Gasteiger partial charge in [0.2, 0.25) is 15.9 Å². The van der Waals surface area contributed by atoms with E-state index < -0.39 is 10.0 Å². The third-order valence-electron chi connectivity index (χ3n) is 5.84. The Morgan fingerprint density at radius 3 is 2.72 bits per heavy atom. The second-order valence-corrected chi connectivity index (χ2v) is 9.88. The molecule has 4 rings (SSSR count). The molecular weight excluding hydrogens is 430 g/mol. The zero-order valence-electron chi connectivity index (χ0n) is 18.2. The quantitative estimate of drug-likeness (QED) is 0.516. The number of rotatable bonds is 8. The van der Waals surface area contributed by atoms with Crippen molar-refractivity contribution < 1.29 is 17.9 Å². The molecule has 0 radical (unpaired) electrons. The van der Waals surface area contributed by atoms with Gasteiger partial charge < -0.3 is 9.64 Å². The smallest absolute Gasteiger partial charge is 0.242 e. The number of likely N-dealkylation sites (tertiary alicyclic amines) is 1. The van der Waals surface area contributed by atoms with Crippen molar-refractivity contribution in [2.75, 3.05) is 27.2 Å². The summed E-state index contributed by atoms with van der Waals surface area (Å²) < 4.78 is 33.8. The van der Waals surface area contributed by atoms with Crippen LogP contribution in [0.5, 0.6) is 5.75 Å². The molecule has 170 valence electrons. The van der Waals surface area contributed by atoms with Gasteiger partial charge in [0.15, 0.2) is 11.5 Å². The Morgan fingerprint density at radius 2 is 1.97 bits per heavy atom. The highest BCUT2D eigenvalue weighted by Gasteiger charge is 2.33. The Labute approximate surface area is 187 Å². The molecule has 1 aliphatic rings. The molecule has 0 aliphatic carbocycles. The van der Waals surface area contributed by atoms with Crippen LogP contribution in [-0.4, -0.2) is 65.4 Å². The first-order valence-electron chi connectivity index (χ1n) is 10.6. The number of benzene rings is 1. The highest BCUT2D eigenvalue weighted by atomic mass is 32.2. The molecule has 0 spiro atoms. The van der Waals surface area contributed by atoms with Crippen molar-refractivity contribution in [3.05, 3.63) is 54.5 Å². The van der Waals surface area contributed by atoms with Crippen LogP contribution in [-0.2, 0) is 14.8 Å². The molecule has 1 amide bonds. The molecule has 1 atom stereocenters. The molecule has 3 aromatic rings. The maximum Gasteiger partial charge on any atom is 0.242 e. The minimum Gasteiger partial charge on any atom is -0.497 e. The number of amides is 1. The van der Waals surface area contributed by atoms with Gasteiger partial charge >= 0.3 is 0 Å². The molecule has 0 saturated carbocycles. The van der Waals surface area contributed by atoms with Crippen molar-refractivity contribution in [3.63, 3.8) is 0 Å². The van der Waals surface area contributed by atoms with E-state index in [1.807, 2.05) is 33.7 Å². The van der Waals surface area contributed by atoms with Gasteiger partial charge in [-0.1, -0.05) is 6.07 Å². The third kappa shape index (κ3) is 4.33. The Kier molecular flexibility index (Phi) is 6.43. The predicted octanol–water partition coefficient (Wildman–Crippen LogP) is 2.50. The summed E-state index contributed by atoms with van der Waals surface area (Å²) in [6.07, 6.45) is 4.37. The van der Waals surface area contributed by atoms with Gasteiger partial charge in [-0.15, -0.1) is 10.2 Å². The number of pyridine rings is 1. The van der Waals surface area contributed by atoms with Crippen molar-refractivity contribution in [1.29, 1.82) is 0 Å². The number of methoxy groups -OCH3 is 1. The normalized spacial score (nSPS) is 16.7. The van der Waals surface area contributed by atoms with E-state index in [9.17, 15) is 13.2 Å². The second kappa shape index (κ2) is 9.25. The molecule has 9 nitrogen and oxygen atoms in total. The van der Waals surface area contributed by atoms with Crippen LogP contribution in [0.4, 0.5) is 0 Å². The first-order chi connectivity index (χ1) is 15.4. The van der Waals surface area contributed by atoms with Crippen molar-refractivity contribution in [2.24, 2.45) is 0 Å². The van der Waals surface area contributed by atoms with Crippen LogP contribution < -0.4 is 4.74 Å². The van der Waals surface area contributed by atoms with Gasteiger partial charge in [-0.25, -0.2) is 12.7 Å². The van der Waals surface area contributed by atoms with Crippen LogP contribution >= 0.6 is 0 Å². The van der Waals surface area contributed by atoms with E-state index in [1.165, 1.54) is 30.6 Å². The molecule has 32 heavy (non-hydrogen) atoms. The number of ether oxygens (including phenoxy) is 1. The fraction of sp³-hybridized carbons (Fsp3) is 0.409. The fourth-order valence-corrected chi connectivity index (χ4v) is 5.27. The van der Waals surface area contributed by atoms with Gasteiger partial charge in [-0.3, -0.25) is 9.20 Å². The van der Waals surface area contributed by atoms with E-state index in [4.69, 9.17) is 4.74 Å². The number of sulfonamides is 1. The van der Waals surface area contributed by atoms with Crippen molar-refractivity contribution in [1.82, 2.24) is 23.8 Å². The Balaban J connectivity index is 1.36. The summed E-state index contributed by atoms with van der Waals surface area (Å²) in [6.45, 7) is 0.928. The summed E-state index contributed by atoms with van der Waals surface area (Å²) in [5, 5.41) is 8.52. The number of hydrogen-bond donors (Lipinski definition) is 0. The lowest BCUT2D eigenvalue weighted by Crippen LogP contribution is -2.33. The molecule has 2 aromatic heterocycles. The zero-order valence-corrected chi connectivity index (χ0v) is 19.0. The van der Waals surface area contributed by atoms with Gasteiger partial charge in [0.05, 0.1) is 18.0 Å². The van der Waals surface area contributed by atoms with E-state index in [1.54, 1.807) is 12.1 Å². The Morgan fingerprint density at radius 1 is 1.19 bits per heavy atom. The van der Waals surface area contributed by atoms with E-state index in [2.05, 4.69) is 10.2 Å². The molecule has 0 N–H and O–H groups in total. The standard InChI is InChI=1S/C22H27N5O4S/c1-25(32(29,30)18-12-10-17(31-2)11-13-18)14-6-9-21(28)26-16-5-7-19(26)22-24-23-20-8-3-4-15-27(20)22/h3-4,8,10-13,15,19H,5-7,9,14,16H2,1-2H3/t19-/m1/s1. The summed E-state index contributed by atoms with van der Waals surface area (Å²) in [7, 11) is -0.557. The molecule has 10 heteroatoms. The number of carbonyl (C=O) groups excluding carboxylic acids is 1. The molecule has 1 saturated heterocycles. The van der Waals surface area contributed by atoms with Crippen molar-refractivity contribution >= 4 is 21.6 Å². The van der Waals surface area contributed by atoms with E-state index >= 15 is 0 Å². The Bertz CT molecular complexity index is 1190. The lowest BCUT2D eigenvalue weighted by atomic mass is 10.2. The highest BCUT2D eigenvalue weighted by molar-refractivity contribution is 7.89. The summed E-state index contributed by atoms with van der Waals surface area (Å²) in [5.74, 6) is 1.37. The lowest BCUT2D eigenvalue weighted by molar-refractivity contribution is -0.132. The second-order valence-electron chi connectivity index (χ2n) is 7.84. The average Bonchev–Trinajstić information content (AvgIpc) is 3.45. The van der Waals surface area contributed by atoms with Gasteiger partial charge in [0.1, 0.15) is 5.75 Å². The Hall–Kier alpha value is -2.98. The maximum absolute atomic E-state index is 12.9. The SMILES string of the molecule is COc1ccc(S(=O)(=O)N(C)CCCC(=O)N2CCC[C@@H]2c2nnc3ccccn23)cc1. The number of nitrogens with zero attached hydrogens (tertiary/aromatic N) is 5. The van der Waals surface area contributed by atoms with E-state index in [0.29, 0.717) is 18.7 Å². The van der Waals surface area contributed by atoms with Gasteiger partial charge in [-0.2, -0.15) is 0 Å². The predicted molar refractivity (Wildman–Crippen MR) is 119 cm³/mol. The van der Waals surface area contributed by atoms with Gasteiger partial charge in [0.25, 0.3) is 0 Å². The van der Waals surface area contributed by atoms with E-state index in [0.717, 1.165) is 24.3 Å². The molecular formula is C22H27N5O4S. The molecule has 1 fully saturated rings. The topological polar surface area (TPSA) is 97.1 Å². The number of carbonyl (C=O) groups is 1. The summed E-state index contributed by atoms with van der Waals surface area (Å²) in [4.78, 5) is 15.0. The summed E-state index contributed by atoms with van der Waals surface area (Å²) in [6, 6.07) is 11.9. The third-order valence-corrected chi connectivity index (χ3v) is 7.71. The molecule has 1 aromatic carbocycles.